The molecule has 0 radical (unpaired) electrons. The van der Waals surface area contributed by atoms with E-state index in [0.717, 1.165) is 79.8 Å². The first-order valence-corrected chi connectivity index (χ1v) is 11.4. The van der Waals surface area contributed by atoms with Crippen LogP contribution in [0, 0.1) is 19.7 Å². The zero-order valence-electron chi connectivity index (χ0n) is 18.3. The molecule has 0 amide bonds. The smallest absolute Gasteiger partial charge is 0.133 e. The van der Waals surface area contributed by atoms with Gasteiger partial charge >= 0.3 is 0 Å². The number of pyridine rings is 1. The molecule has 160 valence electrons. The third-order valence-corrected chi connectivity index (χ3v) is 6.73. The molecule has 0 unspecified atom stereocenters. The molecular formula is C26H29FN4. The molecule has 5 heteroatoms. The number of nitrogens with one attached hydrogen (secondary N) is 1. The molecule has 3 aromatic rings. The number of rotatable bonds is 2. The maximum Gasteiger partial charge on any atom is 0.133 e. The number of aromatic nitrogens is 3. The van der Waals surface area contributed by atoms with Gasteiger partial charge in [-0.15, -0.1) is 0 Å². The van der Waals surface area contributed by atoms with E-state index in [2.05, 4.69) is 39.6 Å². The second-order valence-electron chi connectivity index (χ2n) is 8.98. The van der Waals surface area contributed by atoms with Crippen LogP contribution in [0.1, 0.15) is 71.8 Å². The largest absolute Gasteiger partial charge is 0.317 e. The lowest BCUT2D eigenvalue weighted by Crippen LogP contribution is -2.27. The normalized spacial score (nSPS) is 19.4. The van der Waals surface area contributed by atoms with Gasteiger partial charge in [0.1, 0.15) is 5.82 Å². The average molecular weight is 417 g/mol. The van der Waals surface area contributed by atoms with Gasteiger partial charge in [0.2, 0.25) is 0 Å². The lowest BCUT2D eigenvalue weighted by Gasteiger charge is -2.22. The Labute approximate surface area is 183 Å². The number of fused-ring (bicyclic) bond motifs is 2. The van der Waals surface area contributed by atoms with Gasteiger partial charge in [-0.1, -0.05) is 0 Å². The lowest BCUT2D eigenvalue weighted by molar-refractivity contribution is 0.451. The minimum Gasteiger partial charge on any atom is -0.317 e. The highest BCUT2D eigenvalue weighted by atomic mass is 19.1. The molecule has 1 fully saturated rings. The number of benzene rings is 1. The Morgan fingerprint density at radius 1 is 0.968 bits per heavy atom. The average Bonchev–Trinajstić information content (AvgIpc) is 2.75. The second kappa shape index (κ2) is 8.46. The van der Waals surface area contributed by atoms with E-state index in [1.165, 1.54) is 11.1 Å². The van der Waals surface area contributed by atoms with Crippen molar-refractivity contribution in [3.05, 3.63) is 63.9 Å². The number of hydrogen-bond acceptors (Lipinski definition) is 4. The van der Waals surface area contributed by atoms with Crippen LogP contribution in [0.3, 0.4) is 0 Å². The summed E-state index contributed by atoms with van der Waals surface area (Å²) in [5.41, 5.74) is 8.24. The molecule has 5 rings (SSSR count). The second-order valence-corrected chi connectivity index (χ2v) is 8.98. The number of aryl methyl sites for hydroxylation is 3. The first kappa shape index (κ1) is 20.3. The first-order valence-electron chi connectivity index (χ1n) is 11.4. The Morgan fingerprint density at radius 2 is 1.77 bits per heavy atom. The fourth-order valence-electron chi connectivity index (χ4n) is 5.05. The topological polar surface area (TPSA) is 50.7 Å². The van der Waals surface area contributed by atoms with E-state index in [4.69, 9.17) is 0 Å². The molecule has 2 aromatic heterocycles. The Kier molecular flexibility index (Phi) is 5.53. The van der Waals surface area contributed by atoms with Gasteiger partial charge < -0.3 is 5.32 Å². The van der Waals surface area contributed by atoms with Crippen LogP contribution < -0.4 is 5.32 Å². The first-order chi connectivity index (χ1) is 15.1. The van der Waals surface area contributed by atoms with E-state index in [1.807, 2.05) is 19.1 Å². The van der Waals surface area contributed by atoms with E-state index in [1.54, 1.807) is 6.07 Å². The monoisotopic (exact) mass is 416 g/mol. The Balaban J connectivity index is 1.56. The standard InChI is InChI=1S/C26H29FN4/c1-16-11-20-6-4-3-5-19(12-22(20)17(2)29-16)21-13-24(27)23-15-25(30-31-26(23)14-21)18-7-9-28-10-8-18/h11-15,18,28H,3-10H2,1-2H3/b19-12+. The van der Waals surface area contributed by atoms with Crippen LogP contribution in [-0.4, -0.2) is 28.3 Å². The van der Waals surface area contributed by atoms with E-state index >= 15 is 4.39 Å². The Hall–Kier alpha value is -2.66. The van der Waals surface area contributed by atoms with Gasteiger partial charge in [-0.2, -0.15) is 10.2 Å². The summed E-state index contributed by atoms with van der Waals surface area (Å²) in [6.07, 6.45) is 8.48. The van der Waals surface area contributed by atoms with Gasteiger partial charge in [-0.05, 0) is 118 Å². The van der Waals surface area contributed by atoms with Crippen LogP contribution in [0.5, 0.6) is 0 Å². The number of piperidine rings is 1. The van der Waals surface area contributed by atoms with Crippen LogP contribution in [0.15, 0.2) is 24.3 Å². The van der Waals surface area contributed by atoms with Crippen molar-refractivity contribution in [2.24, 2.45) is 0 Å². The Morgan fingerprint density at radius 3 is 2.61 bits per heavy atom. The van der Waals surface area contributed by atoms with Gasteiger partial charge in [0.05, 0.1) is 11.2 Å². The molecule has 1 N–H and O–H groups in total. The summed E-state index contributed by atoms with van der Waals surface area (Å²) in [5.74, 6) is 0.153. The molecule has 0 atom stereocenters. The third kappa shape index (κ3) is 4.11. The Bertz CT molecular complexity index is 1160. The summed E-state index contributed by atoms with van der Waals surface area (Å²) in [6.45, 7) is 6.08. The maximum atomic E-state index is 15.2. The van der Waals surface area contributed by atoms with Crippen molar-refractivity contribution in [1.29, 1.82) is 0 Å². The molecule has 1 aliphatic carbocycles. The molecule has 1 aromatic carbocycles. The van der Waals surface area contributed by atoms with Crippen molar-refractivity contribution in [2.45, 2.75) is 58.3 Å². The van der Waals surface area contributed by atoms with Crippen molar-refractivity contribution in [2.75, 3.05) is 13.1 Å². The van der Waals surface area contributed by atoms with Crippen LogP contribution in [0.4, 0.5) is 4.39 Å². The van der Waals surface area contributed by atoms with Crippen LogP contribution in [0.25, 0.3) is 22.6 Å². The van der Waals surface area contributed by atoms with Crippen molar-refractivity contribution in [3.8, 4) is 0 Å². The zero-order valence-corrected chi connectivity index (χ0v) is 18.3. The minimum absolute atomic E-state index is 0.209. The summed E-state index contributed by atoms with van der Waals surface area (Å²) >= 11 is 0. The molecule has 4 nitrogen and oxygen atoms in total. The van der Waals surface area contributed by atoms with Crippen molar-refractivity contribution in [1.82, 2.24) is 20.5 Å². The van der Waals surface area contributed by atoms with Crippen LogP contribution >= 0.6 is 0 Å². The number of nitrogens with zero attached hydrogens (tertiary/aromatic N) is 3. The molecule has 0 saturated carbocycles. The highest BCUT2D eigenvalue weighted by Gasteiger charge is 2.19. The van der Waals surface area contributed by atoms with Crippen molar-refractivity contribution in [3.63, 3.8) is 0 Å². The summed E-state index contributed by atoms with van der Waals surface area (Å²) in [4.78, 5) is 4.66. The molecule has 2 aliphatic rings. The summed E-state index contributed by atoms with van der Waals surface area (Å²) in [7, 11) is 0. The zero-order chi connectivity index (χ0) is 21.4. The predicted molar refractivity (Wildman–Crippen MR) is 123 cm³/mol. The SMILES string of the molecule is Cc1cc2c(c(C)n1)/C=C(/c1cc(F)c3cc(C4CCNCC4)nnc3c1)CCCC2. The quantitative estimate of drug-likeness (QED) is 0.598. The van der Waals surface area contributed by atoms with E-state index in [-0.39, 0.29) is 5.82 Å². The fourth-order valence-corrected chi connectivity index (χ4v) is 5.05. The molecule has 0 spiro atoms. The van der Waals surface area contributed by atoms with E-state index in [0.29, 0.717) is 16.8 Å². The van der Waals surface area contributed by atoms with Gasteiger partial charge in [0, 0.05) is 22.7 Å². The van der Waals surface area contributed by atoms with Crippen molar-refractivity contribution >= 4 is 22.6 Å². The fraction of sp³-hybridized carbons (Fsp3) is 0.423. The number of hydrogen-bond donors (Lipinski definition) is 1. The van der Waals surface area contributed by atoms with Gasteiger partial charge in [0.25, 0.3) is 0 Å². The van der Waals surface area contributed by atoms with Gasteiger partial charge in [0.15, 0.2) is 0 Å². The molecule has 1 aliphatic heterocycles. The summed E-state index contributed by atoms with van der Waals surface area (Å²) in [6, 6.07) is 7.79. The third-order valence-electron chi connectivity index (χ3n) is 6.73. The van der Waals surface area contributed by atoms with E-state index < -0.39 is 0 Å². The lowest BCUT2D eigenvalue weighted by atomic mass is 9.89. The predicted octanol–water partition coefficient (Wildman–Crippen LogP) is 5.51. The highest BCUT2D eigenvalue weighted by Crippen LogP contribution is 2.33. The van der Waals surface area contributed by atoms with Crippen molar-refractivity contribution < 1.29 is 4.39 Å². The number of allylic oxidation sites excluding steroid dienone is 1. The molecule has 1 saturated heterocycles. The van der Waals surface area contributed by atoms with Crippen LogP contribution in [0.2, 0.25) is 0 Å². The number of halogens is 1. The molecule has 3 heterocycles. The van der Waals surface area contributed by atoms with Crippen LogP contribution in [-0.2, 0) is 6.42 Å². The summed E-state index contributed by atoms with van der Waals surface area (Å²) in [5, 5.41) is 12.9. The van der Waals surface area contributed by atoms with Gasteiger partial charge in [-0.25, -0.2) is 4.39 Å². The molecular weight excluding hydrogens is 387 g/mol. The van der Waals surface area contributed by atoms with E-state index in [9.17, 15) is 0 Å². The maximum absolute atomic E-state index is 15.2. The highest BCUT2D eigenvalue weighted by molar-refractivity contribution is 5.89. The molecule has 31 heavy (non-hydrogen) atoms. The summed E-state index contributed by atoms with van der Waals surface area (Å²) < 4.78 is 15.2. The van der Waals surface area contributed by atoms with Gasteiger partial charge in [-0.3, -0.25) is 4.98 Å². The minimum atomic E-state index is -0.209. The molecule has 0 bridgehead atoms.